The molecule has 0 radical (unpaired) electrons. The maximum absolute atomic E-state index is 12.6. The highest BCUT2D eigenvalue weighted by Crippen LogP contribution is 2.40. The molecule has 0 saturated carbocycles. The fourth-order valence-corrected chi connectivity index (χ4v) is 4.77. The number of nitrogens with one attached hydrogen (secondary N) is 2. The second-order valence-corrected chi connectivity index (χ2v) is 8.37. The van der Waals surface area contributed by atoms with Gasteiger partial charge in [-0.05, 0) is 47.6 Å². The number of anilines is 2. The molecule has 0 spiro atoms. The van der Waals surface area contributed by atoms with Crippen LogP contribution in [-0.4, -0.2) is 18.2 Å². The Morgan fingerprint density at radius 3 is 2.37 bits per heavy atom. The van der Waals surface area contributed by atoms with Gasteiger partial charge in [-0.1, -0.05) is 60.7 Å². The molecule has 1 heterocycles. The van der Waals surface area contributed by atoms with Crippen LogP contribution in [0.3, 0.4) is 0 Å². The number of ether oxygens (including phenoxy) is 1. The lowest BCUT2D eigenvalue weighted by Gasteiger charge is -2.12. The first-order chi connectivity index (χ1) is 14.6. The molecule has 1 aromatic heterocycles. The Labute approximate surface area is 184 Å². The van der Waals surface area contributed by atoms with E-state index in [1.165, 1.54) is 18.4 Å². The lowest BCUT2D eigenvalue weighted by atomic mass is 10.0. The summed E-state index contributed by atoms with van der Waals surface area (Å²) in [6.45, 7) is 1.99. The van der Waals surface area contributed by atoms with Gasteiger partial charge in [-0.15, -0.1) is 11.3 Å². The van der Waals surface area contributed by atoms with Crippen molar-refractivity contribution in [1.29, 1.82) is 0 Å². The average Bonchev–Trinajstić information content (AvgIpc) is 3.09. The molecule has 150 valence electrons. The van der Waals surface area contributed by atoms with Gasteiger partial charge in [0.05, 0.1) is 7.11 Å². The summed E-state index contributed by atoms with van der Waals surface area (Å²) >= 11 is 7.01. The quantitative estimate of drug-likeness (QED) is 0.286. The minimum absolute atomic E-state index is 0.394. The van der Waals surface area contributed by atoms with Crippen LogP contribution in [0.15, 0.2) is 72.8 Å². The van der Waals surface area contributed by atoms with Crippen LogP contribution in [0, 0.1) is 6.92 Å². The summed E-state index contributed by atoms with van der Waals surface area (Å²) in [5.74, 6) is -0.394. The number of thiophene rings is 1. The van der Waals surface area contributed by atoms with E-state index in [0.29, 0.717) is 15.7 Å². The number of methoxy groups -OCH3 is 1. The molecule has 4 aromatic rings. The van der Waals surface area contributed by atoms with Crippen molar-refractivity contribution in [3.63, 3.8) is 0 Å². The van der Waals surface area contributed by atoms with Gasteiger partial charge in [0.25, 0.3) is 0 Å². The number of thiocarbonyl (C=S) groups is 1. The van der Waals surface area contributed by atoms with E-state index in [1.807, 2.05) is 67.6 Å². The molecule has 3 aromatic carbocycles. The van der Waals surface area contributed by atoms with Crippen molar-refractivity contribution >= 4 is 56.1 Å². The van der Waals surface area contributed by atoms with Crippen molar-refractivity contribution in [2.24, 2.45) is 0 Å². The number of aryl methyl sites for hydroxylation is 1. The van der Waals surface area contributed by atoms with Crippen molar-refractivity contribution in [2.45, 2.75) is 6.92 Å². The Hall–Kier alpha value is -3.22. The number of carbonyl (C=O) groups excluding carboxylic acids is 1. The number of hydrogen-bond acceptors (Lipinski definition) is 4. The van der Waals surface area contributed by atoms with Crippen LogP contribution in [0.1, 0.15) is 15.2 Å². The number of fused-ring (bicyclic) bond motifs is 1. The lowest BCUT2D eigenvalue weighted by molar-refractivity contribution is 0.0603. The molecule has 4 nitrogen and oxygen atoms in total. The normalized spacial score (nSPS) is 10.6. The third-order valence-electron chi connectivity index (χ3n) is 4.77. The van der Waals surface area contributed by atoms with Crippen molar-refractivity contribution < 1.29 is 9.53 Å². The summed E-state index contributed by atoms with van der Waals surface area (Å²) in [7, 11) is 1.39. The molecule has 4 rings (SSSR count). The smallest absolute Gasteiger partial charge is 0.341 e. The summed E-state index contributed by atoms with van der Waals surface area (Å²) in [5, 5.41) is 9.77. The number of benzene rings is 3. The summed E-state index contributed by atoms with van der Waals surface area (Å²) in [6.07, 6.45) is 0. The van der Waals surface area contributed by atoms with Crippen molar-refractivity contribution in [3.05, 3.63) is 83.2 Å². The largest absolute Gasteiger partial charge is 0.465 e. The molecule has 0 saturated heterocycles. The van der Waals surface area contributed by atoms with Gasteiger partial charge in [-0.2, -0.15) is 0 Å². The predicted molar refractivity (Wildman–Crippen MR) is 130 cm³/mol. The Morgan fingerprint density at radius 1 is 0.933 bits per heavy atom. The molecule has 0 unspecified atom stereocenters. The standard InChI is InChI=1S/C24H20N2O2S2/c1-15-20(17-9-4-3-5-10-17)21(23(27)28-2)22(30-15)26-24(29)25-19-13-12-16-8-6-7-11-18(16)14-19/h3-14H,1-2H3,(H2,25,26,29). The highest BCUT2D eigenvalue weighted by atomic mass is 32.1. The second-order valence-electron chi connectivity index (χ2n) is 6.74. The van der Waals surface area contributed by atoms with Crippen LogP contribution in [0.25, 0.3) is 21.9 Å². The second kappa shape index (κ2) is 8.65. The van der Waals surface area contributed by atoms with Gasteiger partial charge in [0.15, 0.2) is 5.11 Å². The zero-order chi connectivity index (χ0) is 21.1. The molecular formula is C24H20N2O2S2. The van der Waals surface area contributed by atoms with Gasteiger partial charge in [0.2, 0.25) is 0 Å². The van der Waals surface area contributed by atoms with Crippen LogP contribution in [-0.2, 0) is 4.74 Å². The summed E-state index contributed by atoms with van der Waals surface area (Å²) in [6, 6.07) is 24.0. The lowest BCUT2D eigenvalue weighted by Crippen LogP contribution is -2.20. The fourth-order valence-electron chi connectivity index (χ4n) is 3.41. The Kier molecular flexibility index (Phi) is 5.79. The predicted octanol–water partition coefficient (Wildman–Crippen LogP) is 6.47. The molecule has 0 aliphatic heterocycles. The average molecular weight is 433 g/mol. The molecule has 0 aliphatic carbocycles. The van der Waals surface area contributed by atoms with E-state index in [0.717, 1.165) is 32.5 Å². The van der Waals surface area contributed by atoms with Crippen molar-refractivity contribution in [1.82, 2.24) is 0 Å². The topological polar surface area (TPSA) is 50.4 Å². The van der Waals surface area contributed by atoms with Crippen molar-refractivity contribution in [3.8, 4) is 11.1 Å². The fraction of sp³-hybridized carbons (Fsp3) is 0.0833. The van der Waals surface area contributed by atoms with Crippen LogP contribution < -0.4 is 10.6 Å². The number of rotatable bonds is 4. The number of carbonyl (C=O) groups is 1. The van der Waals surface area contributed by atoms with Gasteiger partial charge < -0.3 is 15.4 Å². The van der Waals surface area contributed by atoms with Crippen molar-refractivity contribution in [2.75, 3.05) is 17.7 Å². The Balaban J connectivity index is 1.63. The van der Waals surface area contributed by atoms with E-state index in [1.54, 1.807) is 0 Å². The summed E-state index contributed by atoms with van der Waals surface area (Å²) in [4.78, 5) is 13.6. The van der Waals surface area contributed by atoms with Gasteiger partial charge in [0.1, 0.15) is 10.6 Å². The molecular weight excluding hydrogens is 412 g/mol. The molecule has 6 heteroatoms. The van der Waals surface area contributed by atoms with Gasteiger partial charge in [-0.25, -0.2) is 4.79 Å². The van der Waals surface area contributed by atoms with Crippen LogP contribution in [0.2, 0.25) is 0 Å². The third-order valence-corrected chi connectivity index (χ3v) is 6.00. The molecule has 0 amide bonds. The minimum Gasteiger partial charge on any atom is -0.465 e. The molecule has 0 fully saturated rings. The highest BCUT2D eigenvalue weighted by Gasteiger charge is 2.24. The minimum atomic E-state index is -0.394. The maximum Gasteiger partial charge on any atom is 0.341 e. The third kappa shape index (κ3) is 4.06. The molecule has 30 heavy (non-hydrogen) atoms. The molecule has 2 N–H and O–H groups in total. The number of hydrogen-bond donors (Lipinski definition) is 2. The van der Waals surface area contributed by atoms with Crippen LogP contribution in [0.5, 0.6) is 0 Å². The van der Waals surface area contributed by atoms with Crippen LogP contribution >= 0.6 is 23.6 Å². The first kappa shape index (κ1) is 20.1. The monoisotopic (exact) mass is 432 g/mol. The number of esters is 1. The Morgan fingerprint density at radius 2 is 1.63 bits per heavy atom. The van der Waals surface area contributed by atoms with E-state index in [9.17, 15) is 4.79 Å². The van der Waals surface area contributed by atoms with E-state index in [4.69, 9.17) is 17.0 Å². The van der Waals surface area contributed by atoms with E-state index in [2.05, 4.69) is 22.8 Å². The zero-order valence-electron chi connectivity index (χ0n) is 16.6. The van der Waals surface area contributed by atoms with Gasteiger partial charge >= 0.3 is 5.97 Å². The first-order valence-electron chi connectivity index (χ1n) is 9.40. The van der Waals surface area contributed by atoms with E-state index < -0.39 is 5.97 Å². The van der Waals surface area contributed by atoms with Crippen LogP contribution in [0.4, 0.5) is 10.7 Å². The molecule has 0 bridgehead atoms. The summed E-state index contributed by atoms with van der Waals surface area (Å²) < 4.78 is 5.06. The van der Waals surface area contributed by atoms with Gasteiger partial charge in [0, 0.05) is 16.1 Å². The first-order valence-corrected chi connectivity index (χ1v) is 10.6. The molecule has 0 aliphatic rings. The maximum atomic E-state index is 12.6. The zero-order valence-corrected chi connectivity index (χ0v) is 18.2. The van der Waals surface area contributed by atoms with Gasteiger partial charge in [-0.3, -0.25) is 0 Å². The SMILES string of the molecule is COC(=O)c1c(NC(=S)Nc2ccc3ccccc3c2)sc(C)c1-c1ccccc1. The van der Waals surface area contributed by atoms with E-state index >= 15 is 0 Å². The Bertz CT molecular complexity index is 1230. The van der Waals surface area contributed by atoms with E-state index in [-0.39, 0.29) is 0 Å². The highest BCUT2D eigenvalue weighted by molar-refractivity contribution is 7.80. The summed E-state index contributed by atoms with van der Waals surface area (Å²) in [5.41, 5.74) is 3.20. The molecule has 0 atom stereocenters.